The predicted molar refractivity (Wildman–Crippen MR) is 369 cm³/mol. The van der Waals surface area contributed by atoms with Gasteiger partial charge in [-0.15, -0.1) is 11.3 Å². The lowest BCUT2D eigenvalue weighted by atomic mass is 9.75. The van der Waals surface area contributed by atoms with E-state index in [0.29, 0.717) is 74.3 Å². The molecule has 0 spiro atoms. The minimum Gasteiger partial charge on any atom is -0.466 e. The number of allylic oxidation sites excluding steroid dienone is 3. The van der Waals surface area contributed by atoms with Gasteiger partial charge in [-0.25, -0.2) is 27.6 Å². The topological polar surface area (TPSA) is 237 Å². The summed E-state index contributed by atoms with van der Waals surface area (Å²) in [6.45, 7) is 10.5. The molecule has 3 aliphatic heterocycles. The van der Waals surface area contributed by atoms with Crippen LogP contribution in [0.5, 0.6) is 11.5 Å². The first-order valence-corrected chi connectivity index (χ1v) is 33.5. The highest BCUT2D eigenvalue weighted by molar-refractivity contribution is 7.17. The van der Waals surface area contributed by atoms with Crippen LogP contribution in [0.15, 0.2) is 156 Å². The molecule has 5 aromatic heterocycles. The first-order chi connectivity index (χ1) is 47.0. The number of nitrogens with one attached hydrogen (secondary N) is 2. The second-order valence-corrected chi connectivity index (χ2v) is 26.1. The van der Waals surface area contributed by atoms with Gasteiger partial charge in [0.25, 0.3) is 18.2 Å². The normalized spacial score (nSPS) is 16.0. The Balaban J connectivity index is 0.000000131. The van der Waals surface area contributed by atoms with Crippen molar-refractivity contribution in [1.82, 2.24) is 28.8 Å². The van der Waals surface area contributed by atoms with E-state index in [1.165, 1.54) is 68.6 Å². The van der Waals surface area contributed by atoms with E-state index in [9.17, 15) is 32.8 Å². The summed E-state index contributed by atoms with van der Waals surface area (Å²) in [7, 11) is 1.31. The second kappa shape index (κ2) is 27.8. The van der Waals surface area contributed by atoms with E-state index in [4.69, 9.17) is 42.4 Å². The van der Waals surface area contributed by atoms with Gasteiger partial charge >= 0.3 is 5.97 Å². The summed E-state index contributed by atoms with van der Waals surface area (Å²) in [5, 5.41) is 12.4. The average molecular weight is 1350 g/mol. The molecule has 0 bridgehead atoms. The van der Waals surface area contributed by atoms with Gasteiger partial charge in [0.1, 0.15) is 27.7 Å². The molecule has 10 aromatic rings. The molecule has 2 aliphatic carbocycles. The van der Waals surface area contributed by atoms with Crippen LogP contribution in [0.4, 0.5) is 19.5 Å². The number of alkyl halides is 2. The number of ketones is 2. The predicted octanol–water partition coefficient (Wildman–Crippen LogP) is 12.4. The molecule has 1 fully saturated rings. The summed E-state index contributed by atoms with van der Waals surface area (Å²) < 4.78 is 48.9. The van der Waals surface area contributed by atoms with Gasteiger partial charge < -0.3 is 40.5 Å². The highest BCUT2D eigenvalue weighted by Gasteiger charge is 2.44. The number of imidazole rings is 1. The number of fused-ring (bicyclic) bond motifs is 6. The molecule has 2 amide bonds. The van der Waals surface area contributed by atoms with Crippen LogP contribution in [0, 0.1) is 20.8 Å². The molecule has 1 saturated heterocycles. The molecule has 97 heavy (non-hydrogen) atoms. The van der Waals surface area contributed by atoms with Crippen molar-refractivity contribution in [3.63, 3.8) is 0 Å². The number of nitrogens with zero attached hydrogens (tertiary/aromatic N) is 7. The van der Waals surface area contributed by atoms with Crippen LogP contribution in [-0.2, 0) is 33.7 Å². The number of piperidine rings is 1. The van der Waals surface area contributed by atoms with Gasteiger partial charge in [-0.3, -0.25) is 24.1 Å². The van der Waals surface area contributed by atoms with Crippen LogP contribution >= 0.6 is 22.9 Å². The number of benzene rings is 5. The Morgan fingerprint density at radius 2 is 1.58 bits per heavy atom. The van der Waals surface area contributed by atoms with Crippen LogP contribution in [0.3, 0.4) is 0 Å². The molecule has 6 N–H and O–H groups in total. The summed E-state index contributed by atoms with van der Waals surface area (Å²) >= 11 is 7.72. The number of thiophene rings is 1. The van der Waals surface area contributed by atoms with Crippen LogP contribution in [0.1, 0.15) is 132 Å². The minimum atomic E-state index is -2.82. The standard InChI is InChI=1S/C27H30N4O.C25H23ClN2O5.C22H17F2N5O2S/c1-20-10-12-22(13-11-20)14-15-25(32)26-21(2)28-31-24-9-5-4-8-23(24)30(27(26)31)19-18-29-16-6-3-7-17-29;1-13-15(26)5-3-6-16(13)28-17-7-4-8-18(29)22(17)21(23(24(28)27)25(30)31-2)14-9-10-19-20(11-14)33-12-32-19;23-18(24)15-9-14(11-5-2-1-3-6-11)27-20-13(10-26-29(15)20)21(31)28-22-17(19(25)30)12-7-4-8-16(12)32-22/h4-5,8-15H,3,6-7,16-19H2,1-2H3;3,5-6,9-11,21H,4,7-8,12,27H2,1-2H3;1-3,5-6,9-10,18H,4,7-8H2,(H2,25,30)(H,28,31)/p+1/b15-14+;;. The third-order valence-corrected chi connectivity index (χ3v) is 20.1. The molecule has 1 atom stereocenters. The van der Waals surface area contributed by atoms with Crippen molar-refractivity contribution >= 4 is 91.4 Å². The van der Waals surface area contributed by atoms with E-state index in [2.05, 4.69) is 57.2 Å². The molecule has 23 heteroatoms. The van der Waals surface area contributed by atoms with Crippen LogP contribution < -0.4 is 36.1 Å². The van der Waals surface area contributed by atoms with Gasteiger partial charge in [-0.2, -0.15) is 10.2 Å². The maximum absolute atomic E-state index is 13.7. The zero-order chi connectivity index (χ0) is 67.8. The fourth-order valence-electron chi connectivity index (χ4n) is 13.8. The number of nitrogens with two attached hydrogens (primary N) is 2. The Morgan fingerprint density at radius 1 is 0.835 bits per heavy atom. The maximum Gasteiger partial charge on any atom is 0.338 e. The highest BCUT2D eigenvalue weighted by Crippen LogP contribution is 2.49. The largest absolute Gasteiger partial charge is 0.466 e. The van der Waals surface area contributed by atoms with Gasteiger partial charge in [0, 0.05) is 33.2 Å². The number of quaternary nitrogens is 1. The summed E-state index contributed by atoms with van der Waals surface area (Å²) in [5.74, 6) is -1.08. The number of halogens is 3. The lowest BCUT2D eigenvalue weighted by molar-refractivity contribution is -0.905. The number of aromatic nitrogens is 6. The van der Waals surface area contributed by atoms with Gasteiger partial charge in [-0.05, 0) is 143 Å². The first-order valence-electron chi connectivity index (χ1n) is 32.3. The van der Waals surface area contributed by atoms with Crippen molar-refractivity contribution in [1.29, 1.82) is 0 Å². The number of rotatable bonds is 14. The Labute approximate surface area is 566 Å². The van der Waals surface area contributed by atoms with Gasteiger partial charge in [0.15, 0.2) is 28.7 Å². The summed E-state index contributed by atoms with van der Waals surface area (Å²) in [6, 6.07) is 37.6. The number of methoxy groups -OCH3 is 1. The minimum absolute atomic E-state index is 0.00359. The number of para-hydroxylation sites is 2. The number of carbonyl (C=O) groups excluding carboxylic acids is 5. The Kier molecular flexibility index (Phi) is 18.7. The zero-order valence-corrected chi connectivity index (χ0v) is 55.5. The van der Waals surface area contributed by atoms with Crippen LogP contribution in [0.2, 0.25) is 5.02 Å². The number of anilines is 2. The fourth-order valence-corrected chi connectivity index (χ4v) is 15.2. The molecule has 5 aliphatic rings. The van der Waals surface area contributed by atoms with Gasteiger partial charge in [0.2, 0.25) is 6.79 Å². The number of Topliss-reactive ketones (excluding diaryl/α,β-unsaturated/α-hetero) is 1. The molecular formula is C74H71ClF2N11O8S+. The van der Waals surface area contributed by atoms with E-state index in [-0.39, 0.29) is 46.7 Å². The van der Waals surface area contributed by atoms with Crippen molar-refractivity contribution in [2.24, 2.45) is 11.5 Å². The number of aryl methyl sites for hydroxylation is 3. The van der Waals surface area contributed by atoms with E-state index in [1.54, 1.807) is 58.3 Å². The van der Waals surface area contributed by atoms with Crippen molar-refractivity contribution in [2.45, 2.75) is 97.4 Å². The third-order valence-electron chi connectivity index (χ3n) is 18.5. The third kappa shape index (κ3) is 12.8. The smallest absolute Gasteiger partial charge is 0.338 e. The summed E-state index contributed by atoms with van der Waals surface area (Å²) in [4.78, 5) is 73.8. The second-order valence-electron chi connectivity index (χ2n) is 24.6. The monoisotopic (exact) mass is 1350 g/mol. The average Bonchev–Trinajstić information content (AvgIpc) is 1.71. The number of hydrogen-bond donors (Lipinski definition) is 4. The Morgan fingerprint density at radius 3 is 2.33 bits per heavy atom. The SMILES string of the molecule is COC(=O)C1=C(N)N(c2cccc(Cl)c2C)C2=C(C(=O)CCC2)C1c1ccc2c(c1)OCO2.Cc1ccc(/C=C/C(=O)c2c(C)nn3c4ccccc4n(CC[NH+]4CCCCC4)c23)cc1.NC(=O)c1c(NC(=O)c2cnn3c(C(F)F)cc(-c4ccccc4)nc23)sc2c1CCC2. The highest BCUT2D eigenvalue weighted by atomic mass is 35.5. The van der Waals surface area contributed by atoms with Crippen molar-refractivity contribution in [3.05, 3.63) is 222 Å². The van der Waals surface area contributed by atoms with Crippen LogP contribution in [0.25, 0.3) is 39.7 Å². The summed E-state index contributed by atoms with van der Waals surface area (Å²) in [6.07, 6.45) is 10.2. The van der Waals surface area contributed by atoms with E-state index in [0.717, 1.165) is 92.2 Å². The molecular weight excluding hydrogens is 1280 g/mol. The number of ether oxygens (including phenoxy) is 3. The van der Waals surface area contributed by atoms with Crippen molar-refractivity contribution in [2.75, 3.05) is 43.8 Å². The lowest BCUT2D eigenvalue weighted by Crippen LogP contribution is -3.13. The van der Waals surface area contributed by atoms with Crippen molar-refractivity contribution in [3.8, 4) is 22.8 Å². The van der Waals surface area contributed by atoms with E-state index >= 15 is 0 Å². The van der Waals surface area contributed by atoms with Crippen LogP contribution in [-0.4, -0.2) is 91.7 Å². The number of amides is 2. The number of carbonyl (C=O) groups is 5. The summed E-state index contributed by atoms with van der Waals surface area (Å²) in [5.41, 5.74) is 24.7. The molecule has 496 valence electrons. The quantitative estimate of drug-likeness (QED) is 0.0451. The number of esters is 1. The first kappa shape index (κ1) is 65.4. The Bertz CT molecular complexity index is 4870. The molecule has 15 rings (SSSR count). The number of hydrogen-bond acceptors (Lipinski definition) is 14. The number of primary amides is 1. The molecule has 19 nitrogen and oxygen atoms in total. The fraction of sp³-hybridized carbons (Fsp3) is 0.270. The molecule has 0 radical (unpaired) electrons. The molecule has 5 aromatic carbocycles. The van der Waals surface area contributed by atoms with E-state index < -0.39 is 30.1 Å². The Hall–Kier alpha value is -10.3. The molecule has 1 unspecified atom stereocenters. The maximum atomic E-state index is 13.7. The lowest BCUT2D eigenvalue weighted by Gasteiger charge is -2.41. The number of likely N-dealkylation sites (tertiary alicyclic amines) is 1. The van der Waals surface area contributed by atoms with Gasteiger partial charge in [-0.1, -0.05) is 102 Å². The zero-order valence-electron chi connectivity index (χ0n) is 53.9. The molecule has 0 saturated carbocycles. The van der Waals surface area contributed by atoms with Gasteiger partial charge in [0.05, 0.1) is 90.2 Å². The van der Waals surface area contributed by atoms with E-state index in [1.807, 2.05) is 66.9 Å². The molecule has 8 heterocycles. The van der Waals surface area contributed by atoms with Crippen molar-refractivity contribution < 1.29 is 51.9 Å².